The fraction of sp³-hybridized carbons (Fsp3) is 0.364. The van der Waals surface area contributed by atoms with E-state index >= 15 is 0 Å². The Kier molecular flexibility index (Phi) is 5.87. The smallest absolute Gasteiger partial charge is 0.325 e. The molecular formula is C22H22ClF3N2O2. The quantitative estimate of drug-likeness (QED) is 0.661. The molecule has 160 valence electrons. The first-order valence-corrected chi connectivity index (χ1v) is 9.90. The average Bonchev–Trinajstić information content (AvgIpc) is 2.98. The molecule has 0 saturated carbocycles. The second-order valence-corrected chi connectivity index (χ2v) is 8.15. The predicted molar refractivity (Wildman–Crippen MR) is 111 cm³/mol. The zero-order chi connectivity index (χ0) is 22.3. The normalized spacial score (nSPS) is 19.3. The van der Waals surface area contributed by atoms with Gasteiger partial charge in [0.25, 0.3) is 0 Å². The summed E-state index contributed by atoms with van der Waals surface area (Å²) in [5.74, 6) is -0.686. The Bertz CT molecular complexity index is 986. The Balaban J connectivity index is 1.90. The van der Waals surface area contributed by atoms with E-state index in [0.29, 0.717) is 6.42 Å². The molecule has 1 heterocycles. The topological polar surface area (TPSA) is 49.4 Å². The molecule has 1 fully saturated rings. The van der Waals surface area contributed by atoms with Crippen LogP contribution in [0.3, 0.4) is 0 Å². The van der Waals surface area contributed by atoms with Gasteiger partial charge in [0.15, 0.2) is 0 Å². The number of amides is 2. The zero-order valence-corrected chi connectivity index (χ0v) is 17.6. The molecule has 2 aromatic carbocycles. The van der Waals surface area contributed by atoms with Gasteiger partial charge in [-0.05, 0) is 49.6 Å². The second-order valence-electron chi connectivity index (χ2n) is 7.71. The summed E-state index contributed by atoms with van der Waals surface area (Å²) in [7, 11) is 0. The minimum absolute atomic E-state index is 0.0181. The van der Waals surface area contributed by atoms with Crippen molar-refractivity contribution >= 4 is 34.8 Å². The monoisotopic (exact) mass is 438 g/mol. The molecule has 1 aliphatic heterocycles. The summed E-state index contributed by atoms with van der Waals surface area (Å²) in [5.41, 5.74) is 0.557. The van der Waals surface area contributed by atoms with E-state index in [2.05, 4.69) is 5.32 Å². The number of hydrogen-bond donors (Lipinski definition) is 1. The van der Waals surface area contributed by atoms with Crippen LogP contribution in [0.25, 0.3) is 0 Å². The third-order valence-electron chi connectivity index (χ3n) is 5.60. The highest BCUT2D eigenvalue weighted by Crippen LogP contribution is 2.41. The van der Waals surface area contributed by atoms with Gasteiger partial charge in [0.1, 0.15) is 0 Å². The van der Waals surface area contributed by atoms with Crippen molar-refractivity contribution in [3.05, 3.63) is 58.1 Å². The highest BCUT2D eigenvalue weighted by atomic mass is 35.5. The highest BCUT2D eigenvalue weighted by Gasteiger charge is 2.48. The number of benzene rings is 2. The summed E-state index contributed by atoms with van der Waals surface area (Å²) < 4.78 is 39.2. The van der Waals surface area contributed by atoms with Gasteiger partial charge in [-0.15, -0.1) is 0 Å². The van der Waals surface area contributed by atoms with E-state index in [4.69, 9.17) is 11.6 Å². The summed E-state index contributed by atoms with van der Waals surface area (Å²) in [4.78, 5) is 27.5. The Morgan fingerprint density at radius 2 is 1.83 bits per heavy atom. The maximum Gasteiger partial charge on any atom is 0.416 e. The molecule has 0 spiro atoms. The third kappa shape index (κ3) is 4.17. The van der Waals surface area contributed by atoms with E-state index in [1.165, 1.54) is 6.07 Å². The average molecular weight is 439 g/mol. The number of para-hydroxylation sites is 1. The van der Waals surface area contributed by atoms with E-state index in [-0.39, 0.29) is 29.6 Å². The molecule has 0 aliphatic carbocycles. The lowest BCUT2D eigenvalue weighted by Gasteiger charge is -2.27. The molecule has 0 radical (unpaired) electrons. The number of hydrogen-bond acceptors (Lipinski definition) is 2. The summed E-state index contributed by atoms with van der Waals surface area (Å²) in [6, 6.07) is 8.59. The van der Waals surface area contributed by atoms with Crippen LogP contribution in [0.15, 0.2) is 36.4 Å². The Hall–Kier alpha value is -2.54. The number of nitrogens with zero attached hydrogens (tertiary/aromatic N) is 1. The van der Waals surface area contributed by atoms with Crippen LogP contribution in [0.5, 0.6) is 0 Å². The number of anilines is 2. The number of nitrogens with one attached hydrogen (secondary N) is 1. The van der Waals surface area contributed by atoms with E-state index < -0.39 is 23.1 Å². The maximum absolute atomic E-state index is 13.1. The van der Waals surface area contributed by atoms with Gasteiger partial charge in [0, 0.05) is 29.4 Å². The van der Waals surface area contributed by atoms with Crippen LogP contribution < -0.4 is 10.2 Å². The van der Waals surface area contributed by atoms with Crippen molar-refractivity contribution in [2.24, 2.45) is 5.41 Å². The van der Waals surface area contributed by atoms with Gasteiger partial charge in [-0.2, -0.15) is 13.2 Å². The van der Waals surface area contributed by atoms with E-state index in [1.807, 2.05) is 32.0 Å². The first kappa shape index (κ1) is 22.2. The minimum Gasteiger partial charge on any atom is -0.325 e. The molecule has 1 N–H and O–H groups in total. The molecule has 2 amide bonds. The van der Waals surface area contributed by atoms with Gasteiger partial charge in [-0.3, -0.25) is 9.59 Å². The Labute approximate surface area is 178 Å². The second kappa shape index (κ2) is 7.95. The molecule has 4 nitrogen and oxygen atoms in total. The lowest BCUT2D eigenvalue weighted by atomic mass is 9.83. The van der Waals surface area contributed by atoms with Crippen molar-refractivity contribution in [3.63, 3.8) is 0 Å². The van der Waals surface area contributed by atoms with Crippen molar-refractivity contribution in [2.45, 2.75) is 39.8 Å². The number of aryl methyl sites for hydroxylation is 2. The molecule has 2 aromatic rings. The van der Waals surface area contributed by atoms with Crippen LogP contribution in [-0.2, 0) is 15.8 Å². The largest absolute Gasteiger partial charge is 0.416 e. The Morgan fingerprint density at radius 1 is 1.20 bits per heavy atom. The number of halogens is 4. The summed E-state index contributed by atoms with van der Waals surface area (Å²) in [6.07, 6.45) is -4.25. The predicted octanol–water partition coefficient (Wildman–Crippen LogP) is 5.75. The standard InChI is InChI=1S/C22H22ClF3N2O2/c1-4-21(11-18(29)28(12-21)19-13(2)6-5-7-14(19)3)20(30)27-17-9-15(22(24,25)26)8-16(23)10-17/h5-10H,4,11-12H2,1-3H3,(H,27,30)/t21-/m0/s1. The molecule has 1 aliphatic rings. The molecule has 0 unspecified atom stereocenters. The molecule has 8 heteroatoms. The minimum atomic E-state index is -4.59. The molecule has 1 saturated heterocycles. The number of alkyl halides is 3. The first-order chi connectivity index (χ1) is 14.0. The van der Waals surface area contributed by atoms with E-state index in [9.17, 15) is 22.8 Å². The fourth-order valence-electron chi connectivity index (χ4n) is 3.91. The molecule has 30 heavy (non-hydrogen) atoms. The zero-order valence-electron chi connectivity index (χ0n) is 16.9. The van der Waals surface area contributed by atoms with Crippen LogP contribution in [0.1, 0.15) is 36.5 Å². The highest BCUT2D eigenvalue weighted by molar-refractivity contribution is 6.31. The summed E-state index contributed by atoms with van der Waals surface area (Å²) >= 11 is 5.82. The summed E-state index contributed by atoms with van der Waals surface area (Å²) in [5, 5.41) is 2.41. The molecular weight excluding hydrogens is 417 g/mol. The van der Waals surface area contributed by atoms with Gasteiger partial charge in [-0.1, -0.05) is 36.7 Å². The third-order valence-corrected chi connectivity index (χ3v) is 5.82. The van der Waals surface area contributed by atoms with Crippen molar-refractivity contribution in [3.8, 4) is 0 Å². The SMILES string of the molecule is CC[C@]1(C(=O)Nc2cc(Cl)cc(C(F)(F)F)c2)CC(=O)N(c2c(C)cccc2C)C1. The lowest BCUT2D eigenvalue weighted by molar-refractivity contribution is -0.137. The Morgan fingerprint density at radius 3 is 2.40 bits per heavy atom. The lowest BCUT2D eigenvalue weighted by Crippen LogP contribution is -2.39. The van der Waals surface area contributed by atoms with Gasteiger partial charge >= 0.3 is 6.18 Å². The van der Waals surface area contributed by atoms with Crippen LogP contribution >= 0.6 is 11.6 Å². The molecule has 3 rings (SSSR count). The van der Waals surface area contributed by atoms with Crippen molar-refractivity contribution in [2.75, 3.05) is 16.8 Å². The van der Waals surface area contributed by atoms with Crippen molar-refractivity contribution < 1.29 is 22.8 Å². The molecule has 0 bridgehead atoms. The van der Waals surface area contributed by atoms with E-state index in [0.717, 1.165) is 28.9 Å². The molecule has 0 aromatic heterocycles. The number of carbonyl (C=O) groups excluding carboxylic acids is 2. The van der Waals surface area contributed by atoms with Crippen LogP contribution in [-0.4, -0.2) is 18.4 Å². The number of rotatable bonds is 4. The van der Waals surface area contributed by atoms with Crippen LogP contribution in [0.4, 0.5) is 24.5 Å². The maximum atomic E-state index is 13.1. The van der Waals surface area contributed by atoms with Gasteiger partial charge in [0.05, 0.1) is 11.0 Å². The van der Waals surface area contributed by atoms with Crippen LogP contribution in [0.2, 0.25) is 5.02 Å². The van der Waals surface area contributed by atoms with Gasteiger partial charge in [-0.25, -0.2) is 0 Å². The van der Waals surface area contributed by atoms with Gasteiger partial charge in [0.2, 0.25) is 11.8 Å². The van der Waals surface area contributed by atoms with Gasteiger partial charge < -0.3 is 10.2 Å². The van der Waals surface area contributed by atoms with E-state index in [1.54, 1.807) is 11.8 Å². The number of carbonyl (C=O) groups is 2. The molecule has 1 atom stereocenters. The summed E-state index contributed by atoms with van der Waals surface area (Å²) in [6.45, 7) is 5.74. The first-order valence-electron chi connectivity index (χ1n) is 9.53. The fourth-order valence-corrected chi connectivity index (χ4v) is 4.14. The van der Waals surface area contributed by atoms with Crippen molar-refractivity contribution in [1.82, 2.24) is 0 Å². The van der Waals surface area contributed by atoms with Crippen molar-refractivity contribution in [1.29, 1.82) is 0 Å². The van der Waals surface area contributed by atoms with Crippen LogP contribution in [0, 0.1) is 19.3 Å².